The van der Waals surface area contributed by atoms with E-state index in [-0.39, 0.29) is 24.2 Å². The van der Waals surface area contributed by atoms with Crippen LogP contribution in [-0.2, 0) is 0 Å². The molecule has 2 rings (SSSR count). The highest BCUT2D eigenvalue weighted by atomic mass is 32.2. The number of nitrogens with one attached hydrogen (secondary N) is 2. The van der Waals surface area contributed by atoms with Gasteiger partial charge < -0.3 is 15.7 Å². The normalized spacial score (nSPS) is 22.7. The van der Waals surface area contributed by atoms with Crippen LogP contribution in [0.4, 0.5) is 4.79 Å². The maximum absolute atomic E-state index is 12.1. The molecule has 1 unspecified atom stereocenters. The van der Waals surface area contributed by atoms with Gasteiger partial charge in [-0.1, -0.05) is 26.0 Å². The van der Waals surface area contributed by atoms with Crippen molar-refractivity contribution in [2.75, 3.05) is 0 Å². The van der Waals surface area contributed by atoms with E-state index in [2.05, 4.69) is 48.7 Å². The first-order chi connectivity index (χ1) is 10.9. The van der Waals surface area contributed by atoms with Gasteiger partial charge in [0, 0.05) is 16.2 Å². The number of hydrogen-bond donors (Lipinski definition) is 3. The Hall–Kier alpha value is -1.20. The van der Waals surface area contributed by atoms with Gasteiger partial charge in [0.15, 0.2) is 0 Å². The molecule has 0 radical (unpaired) electrons. The molecule has 0 spiro atoms. The van der Waals surface area contributed by atoms with Crippen LogP contribution in [0.3, 0.4) is 0 Å². The SMILES string of the molecule is CC(C)Sc1ccc(C(C)NC(=O)NC2CCC(O)CC2)cc1. The summed E-state index contributed by atoms with van der Waals surface area (Å²) >= 11 is 1.84. The van der Waals surface area contributed by atoms with Crippen LogP contribution >= 0.6 is 11.8 Å². The van der Waals surface area contributed by atoms with E-state index in [0.29, 0.717) is 5.25 Å². The monoisotopic (exact) mass is 336 g/mol. The molecular weight excluding hydrogens is 308 g/mol. The van der Waals surface area contributed by atoms with E-state index in [4.69, 9.17) is 0 Å². The molecule has 0 aliphatic heterocycles. The van der Waals surface area contributed by atoms with Gasteiger partial charge in [0.25, 0.3) is 0 Å². The topological polar surface area (TPSA) is 61.4 Å². The highest BCUT2D eigenvalue weighted by Gasteiger charge is 2.21. The van der Waals surface area contributed by atoms with Crippen molar-refractivity contribution in [2.45, 2.75) is 74.8 Å². The molecule has 0 aromatic heterocycles. The van der Waals surface area contributed by atoms with Gasteiger partial charge in [-0.15, -0.1) is 11.8 Å². The molecule has 0 saturated heterocycles. The number of carbonyl (C=O) groups excluding carboxylic acids is 1. The third-order valence-electron chi connectivity index (χ3n) is 4.13. The number of hydrogen-bond acceptors (Lipinski definition) is 3. The largest absolute Gasteiger partial charge is 0.393 e. The summed E-state index contributed by atoms with van der Waals surface area (Å²) in [6.07, 6.45) is 3.05. The highest BCUT2D eigenvalue weighted by Crippen LogP contribution is 2.24. The van der Waals surface area contributed by atoms with Crippen molar-refractivity contribution >= 4 is 17.8 Å². The van der Waals surface area contributed by atoms with E-state index in [1.165, 1.54) is 4.90 Å². The van der Waals surface area contributed by atoms with E-state index in [1.54, 1.807) is 0 Å². The van der Waals surface area contributed by atoms with Crippen LogP contribution in [0, 0.1) is 0 Å². The maximum atomic E-state index is 12.1. The molecular formula is C18H28N2O2S. The van der Waals surface area contributed by atoms with Gasteiger partial charge in [-0.3, -0.25) is 0 Å². The molecule has 0 heterocycles. The lowest BCUT2D eigenvalue weighted by molar-refractivity contribution is 0.117. The van der Waals surface area contributed by atoms with Crippen molar-refractivity contribution in [1.82, 2.24) is 10.6 Å². The second-order valence-corrected chi connectivity index (χ2v) is 8.23. The van der Waals surface area contributed by atoms with Crippen LogP contribution < -0.4 is 10.6 Å². The quantitative estimate of drug-likeness (QED) is 0.716. The summed E-state index contributed by atoms with van der Waals surface area (Å²) in [4.78, 5) is 13.4. The summed E-state index contributed by atoms with van der Waals surface area (Å²) in [5.41, 5.74) is 1.10. The minimum atomic E-state index is -0.197. The molecule has 4 nitrogen and oxygen atoms in total. The molecule has 3 N–H and O–H groups in total. The first-order valence-electron chi connectivity index (χ1n) is 8.45. The van der Waals surface area contributed by atoms with Crippen molar-refractivity contribution in [1.29, 1.82) is 0 Å². The maximum Gasteiger partial charge on any atom is 0.315 e. The van der Waals surface area contributed by atoms with Crippen molar-refractivity contribution in [2.24, 2.45) is 0 Å². The summed E-state index contributed by atoms with van der Waals surface area (Å²) in [5, 5.41) is 16.1. The smallest absolute Gasteiger partial charge is 0.315 e. The lowest BCUT2D eigenvalue weighted by Crippen LogP contribution is -2.44. The Morgan fingerprint density at radius 2 is 1.74 bits per heavy atom. The van der Waals surface area contributed by atoms with Gasteiger partial charge in [0.05, 0.1) is 12.1 Å². The van der Waals surface area contributed by atoms with Crippen LogP contribution in [0.1, 0.15) is 58.1 Å². The number of aliphatic hydroxyl groups excluding tert-OH is 1. The van der Waals surface area contributed by atoms with Gasteiger partial charge in [-0.2, -0.15) is 0 Å². The first-order valence-corrected chi connectivity index (χ1v) is 9.33. The van der Waals surface area contributed by atoms with Crippen molar-refractivity contribution < 1.29 is 9.90 Å². The molecule has 1 aliphatic rings. The van der Waals surface area contributed by atoms with E-state index >= 15 is 0 Å². The number of amides is 2. The highest BCUT2D eigenvalue weighted by molar-refractivity contribution is 7.99. The second-order valence-electron chi connectivity index (χ2n) is 6.58. The Morgan fingerprint density at radius 1 is 1.13 bits per heavy atom. The van der Waals surface area contributed by atoms with Crippen LogP contribution in [0.2, 0.25) is 0 Å². The van der Waals surface area contributed by atoms with Gasteiger partial charge in [0.1, 0.15) is 0 Å². The summed E-state index contributed by atoms with van der Waals surface area (Å²) in [7, 11) is 0. The Bertz CT molecular complexity index is 496. The summed E-state index contributed by atoms with van der Waals surface area (Å²) in [6, 6.07) is 8.40. The zero-order valence-electron chi connectivity index (χ0n) is 14.2. The summed E-state index contributed by atoms with van der Waals surface area (Å²) in [6.45, 7) is 6.35. The molecule has 23 heavy (non-hydrogen) atoms. The predicted octanol–water partition coefficient (Wildman–Crippen LogP) is 3.85. The van der Waals surface area contributed by atoms with Crippen molar-refractivity contribution in [3.05, 3.63) is 29.8 Å². The minimum absolute atomic E-state index is 0.0257. The lowest BCUT2D eigenvalue weighted by Gasteiger charge is -2.27. The van der Waals surface area contributed by atoms with Crippen LogP contribution in [-0.4, -0.2) is 28.5 Å². The third-order valence-corrected chi connectivity index (χ3v) is 5.15. The summed E-state index contributed by atoms with van der Waals surface area (Å²) in [5.74, 6) is 0. The Morgan fingerprint density at radius 3 is 2.30 bits per heavy atom. The van der Waals surface area contributed by atoms with Crippen molar-refractivity contribution in [3.63, 3.8) is 0 Å². The number of thioether (sulfide) groups is 1. The van der Waals surface area contributed by atoms with E-state index in [9.17, 15) is 9.90 Å². The van der Waals surface area contributed by atoms with Crippen LogP contribution in [0.5, 0.6) is 0 Å². The molecule has 128 valence electrons. The minimum Gasteiger partial charge on any atom is -0.393 e. The fraction of sp³-hybridized carbons (Fsp3) is 0.611. The van der Waals surface area contributed by atoms with E-state index in [1.807, 2.05) is 18.7 Å². The Kier molecular flexibility index (Phi) is 6.78. The van der Waals surface area contributed by atoms with Crippen LogP contribution in [0.15, 0.2) is 29.2 Å². The standard InChI is InChI=1S/C18H28N2O2S/c1-12(2)23-17-10-4-14(5-11-17)13(3)19-18(22)20-15-6-8-16(21)9-7-15/h4-5,10-13,15-16,21H,6-9H2,1-3H3,(H2,19,20,22). The lowest BCUT2D eigenvalue weighted by atomic mass is 9.93. The predicted molar refractivity (Wildman–Crippen MR) is 95.8 cm³/mol. The zero-order valence-corrected chi connectivity index (χ0v) is 15.0. The fourth-order valence-corrected chi connectivity index (χ4v) is 3.67. The van der Waals surface area contributed by atoms with E-state index in [0.717, 1.165) is 31.2 Å². The van der Waals surface area contributed by atoms with Crippen molar-refractivity contribution in [3.8, 4) is 0 Å². The number of benzene rings is 1. The number of rotatable bonds is 5. The molecule has 1 saturated carbocycles. The average Bonchev–Trinajstić information content (AvgIpc) is 2.49. The molecule has 1 aliphatic carbocycles. The first kappa shape index (κ1) is 18.1. The third kappa shape index (κ3) is 6.07. The number of aliphatic hydroxyl groups is 1. The number of urea groups is 1. The molecule has 5 heteroatoms. The summed E-state index contributed by atoms with van der Waals surface area (Å²) < 4.78 is 0. The molecule has 1 aromatic carbocycles. The Labute approximate surface area is 143 Å². The number of carbonyl (C=O) groups is 1. The van der Waals surface area contributed by atoms with Gasteiger partial charge in [-0.25, -0.2) is 4.79 Å². The molecule has 1 fully saturated rings. The van der Waals surface area contributed by atoms with Gasteiger partial charge >= 0.3 is 6.03 Å². The zero-order chi connectivity index (χ0) is 16.8. The molecule has 1 aromatic rings. The van der Waals surface area contributed by atoms with E-state index < -0.39 is 0 Å². The van der Waals surface area contributed by atoms with Crippen LogP contribution in [0.25, 0.3) is 0 Å². The molecule has 1 atom stereocenters. The molecule has 0 bridgehead atoms. The Balaban J connectivity index is 1.81. The van der Waals surface area contributed by atoms with Gasteiger partial charge in [0.2, 0.25) is 0 Å². The fourth-order valence-electron chi connectivity index (χ4n) is 2.83. The van der Waals surface area contributed by atoms with Gasteiger partial charge in [-0.05, 0) is 50.3 Å². The molecule has 2 amide bonds. The second kappa shape index (κ2) is 8.60. The average molecular weight is 337 g/mol.